The minimum absolute atomic E-state index is 0.0421. The van der Waals surface area contributed by atoms with Gasteiger partial charge < -0.3 is 9.88 Å². The Morgan fingerprint density at radius 3 is 2.70 bits per heavy atom. The van der Waals surface area contributed by atoms with E-state index in [1.807, 2.05) is 43.5 Å². The molecule has 2 heterocycles. The van der Waals surface area contributed by atoms with E-state index in [2.05, 4.69) is 10.3 Å². The van der Waals surface area contributed by atoms with Crippen molar-refractivity contribution in [3.05, 3.63) is 47.8 Å². The number of aromatic nitrogens is 2. The Bertz CT molecular complexity index is 1250. The zero-order valence-corrected chi connectivity index (χ0v) is 18.0. The average molecular weight is 430 g/mol. The van der Waals surface area contributed by atoms with E-state index in [-0.39, 0.29) is 29.3 Å². The van der Waals surface area contributed by atoms with E-state index >= 15 is 0 Å². The van der Waals surface area contributed by atoms with Gasteiger partial charge in [0.1, 0.15) is 11.6 Å². The molecule has 8 heteroatoms. The van der Waals surface area contributed by atoms with Crippen molar-refractivity contribution < 1.29 is 17.6 Å². The molecule has 3 aromatic rings. The number of imidazole rings is 1. The summed E-state index contributed by atoms with van der Waals surface area (Å²) in [7, 11) is -3.16. The number of aryl methyl sites for hydroxylation is 1. The summed E-state index contributed by atoms with van der Waals surface area (Å²) in [6, 6.07) is 10.2. The van der Waals surface area contributed by atoms with E-state index in [0.717, 1.165) is 16.6 Å². The largest absolute Gasteiger partial charge is 0.325 e. The second-order valence-corrected chi connectivity index (χ2v) is 10.3. The highest BCUT2D eigenvalue weighted by atomic mass is 32.2. The smallest absolute Gasteiger partial charge is 0.228 e. The van der Waals surface area contributed by atoms with Crippen LogP contribution in [0, 0.1) is 18.7 Å². The normalized spacial score (nSPS) is 18.2. The molecular weight excluding hydrogens is 405 g/mol. The van der Waals surface area contributed by atoms with Crippen LogP contribution in [0.3, 0.4) is 0 Å². The molecule has 0 aliphatic carbocycles. The van der Waals surface area contributed by atoms with E-state index < -0.39 is 15.8 Å². The Kier molecular flexibility index (Phi) is 5.13. The van der Waals surface area contributed by atoms with Crippen molar-refractivity contribution >= 4 is 32.5 Å². The molecule has 1 N–H and O–H groups in total. The van der Waals surface area contributed by atoms with E-state index in [1.165, 1.54) is 12.1 Å². The first-order chi connectivity index (χ1) is 14.2. The molecular formula is C22H24FN3O3S. The monoisotopic (exact) mass is 429 g/mol. The van der Waals surface area contributed by atoms with Crippen LogP contribution < -0.4 is 5.32 Å². The number of sulfone groups is 1. The third-order valence-electron chi connectivity index (χ3n) is 5.53. The summed E-state index contributed by atoms with van der Waals surface area (Å²) in [5.74, 6) is -0.666. The van der Waals surface area contributed by atoms with Crippen molar-refractivity contribution in [2.75, 3.05) is 16.8 Å². The van der Waals surface area contributed by atoms with Crippen LogP contribution in [0.5, 0.6) is 0 Å². The standard InChI is InChI=1S/C22H24FN3O3S/c1-13(2)26-19-8-7-16(23)11-18(19)24-21(26)17-6-4-5-14(3)20(17)25-22(27)15-9-10-30(28,29)12-15/h4-8,11,13,15H,9-10,12H2,1-3H3,(H,25,27)/t15-/m0/s1. The lowest BCUT2D eigenvalue weighted by atomic mass is 10.0. The van der Waals surface area contributed by atoms with Crippen molar-refractivity contribution in [1.29, 1.82) is 0 Å². The fourth-order valence-electron chi connectivity index (χ4n) is 4.03. The van der Waals surface area contributed by atoms with Crippen molar-refractivity contribution in [2.45, 2.75) is 33.2 Å². The highest BCUT2D eigenvalue weighted by Gasteiger charge is 2.33. The van der Waals surface area contributed by atoms with Crippen LogP contribution >= 0.6 is 0 Å². The summed E-state index contributed by atoms with van der Waals surface area (Å²) < 4.78 is 39.3. The van der Waals surface area contributed by atoms with Gasteiger partial charge in [0, 0.05) is 17.7 Å². The number of rotatable bonds is 4. The molecule has 0 bridgehead atoms. The number of para-hydroxylation sites is 1. The highest BCUT2D eigenvalue weighted by molar-refractivity contribution is 7.91. The second kappa shape index (κ2) is 7.50. The molecule has 0 unspecified atom stereocenters. The van der Waals surface area contributed by atoms with Gasteiger partial charge in [-0.1, -0.05) is 12.1 Å². The predicted octanol–water partition coefficient (Wildman–Crippen LogP) is 4.10. The number of halogens is 1. The molecule has 6 nitrogen and oxygen atoms in total. The summed E-state index contributed by atoms with van der Waals surface area (Å²) in [5.41, 5.74) is 3.51. The van der Waals surface area contributed by atoms with Crippen molar-refractivity contribution in [3.8, 4) is 11.4 Å². The molecule has 1 saturated heterocycles. The molecule has 1 amide bonds. The molecule has 158 valence electrons. The van der Waals surface area contributed by atoms with Gasteiger partial charge >= 0.3 is 0 Å². The van der Waals surface area contributed by atoms with E-state index in [4.69, 9.17) is 0 Å². The van der Waals surface area contributed by atoms with Crippen molar-refractivity contribution in [3.63, 3.8) is 0 Å². The van der Waals surface area contributed by atoms with Crippen LogP contribution in [0.2, 0.25) is 0 Å². The quantitative estimate of drug-likeness (QED) is 0.677. The second-order valence-electron chi connectivity index (χ2n) is 8.12. The topological polar surface area (TPSA) is 81.1 Å². The number of amides is 1. The Labute approximate surface area is 175 Å². The van der Waals surface area contributed by atoms with E-state index in [0.29, 0.717) is 23.4 Å². The summed E-state index contributed by atoms with van der Waals surface area (Å²) in [6.45, 7) is 5.92. The molecule has 0 spiro atoms. The lowest BCUT2D eigenvalue weighted by Gasteiger charge is -2.18. The minimum atomic E-state index is -3.16. The summed E-state index contributed by atoms with van der Waals surface area (Å²) in [5, 5.41) is 2.95. The SMILES string of the molecule is Cc1cccc(-c2nc3cc(F)ccc3n2C(C)C)c1NC(=O)[C@H]1CCS(=O)(=O)C1. The lowest BCUT2D eigenvalue weighted by molar-refractivity contribution is -0.119. The van der Waals surface area contributed by atoms with Crippen LogP contribution in [0.25, 0.3) is 22.4 Å². The summed E-state index contributed by atoms with van der Waals surface area (Å²) >= 11 is 0. The van der Waals surface area contributed by atoms with Crippen LogP contribution in [0.15, 0.2) is 36.4 Å². The third-order valence-corrected chi connectivity index (χ3v) is 7.30. The average Bonchev–Trinajstić information content (AvgIpc) is 3.22. The van der Waals surface area contributed by atoms with Gasteiger partial charge in [0.25, 0.3) is 0 Å². The van der Waals surface area contributed by atoms with Gasteiger partial charge in [-0.2, -0.15) is 0 Å². The van der Waals surface area contributed by atoms with Crippen LogP contribution in [-0.2, 0) is 14.6 Å². The Hall–Kier alpha value is -2.74. The molecule has 1 aromatic heterocycles. The van der Waals surface area contributed by atoms with Gasteiger partial charge in [-0.15, -0.1) is 0 Å². The zero-order valence-electron chi connectivity index (χ0n) is 17.1. The van der Waals surface area contributed by atoms with E-state index in [1.54, 1.807) is 6.07 Å². The number of fused-ring (bicyclic) bond motifs is 1. The number of hydrogen-bond acceptors (Lipinski definition) is 4. The van der Waals surface area contributed by atoms with E-state index in [9.17, 15) is 17.6 Å². The number of hydrogen-bond donors (Lipinski definition) is 1. The zero-order chi connectivity index (χ0) is 21.6. The number of carbonyl (C=O) groups excluding carboxylic acids is 1. The van der Waals surface area contributed by atoms with Crippen molar-refractivity contribution in [1.82, 2.24) is 9.55 Å². The number of benzene rings is 2. The van der Waals surface area contributed by atoms with Gasteiger partial charge in [0.2, 0.25) is 5.91 Å². The van der Waals surface area contributed by atoms with Crippen LogP contribution in [-0.4, -0.2) is 35.4 Å². The van der Waals surface area contributed by atoms with Gasteiger partial charge in [-0.3, -0.25) is 4.79 Å². The van der Waals surface area contributed by atoms with Gasteiger partial charge in [0.05, 0.1) is 34.1 Å². The number of anilines is 1. The minimum Gasteiger partial charge on any atom is -0.325 e. The Morgan fingerprint density at radius 2 is 2.03 bits per heavy atom. The maximum Gasteiger partial charge on any atom is 0.228 e. The molecule has 1 aliphatic rings. The number of nitrogens with zero attached hydrogens (tertiary/aromatic N) is 2. The Balaban J connectivity index is 1.81. The maximum atomic E-state index is 13.8. The lowest BCUT2D eigenvalue weighted by Crippen LogP contribution is -2.24. The molecule has 1 atom stereocenters. The van der Waals surface area contributed by atoms with Crippen LogP contribution in [0.1, 0.15) is 31.9 Å². The summed E-state index contributed by atoms with van der Waals surface area (Å²) in [4.78, 5) is 17.5. The maximum absolute atomic E-state index is 13.8. The Morgan fingerprint density at radius 1 is 1.27 bits per heavy atom. The molecule has 1 aliphatic heterocycles. The fourth-order valence-corrected chi connectivity index (χ4v) is 5.77. The van der Waals surface area contributed by atoms with Gasteiger partial charge in [-0.25, -0.2) is 17.8 Å². The van der Waals surface area contributed by atoms with Crippen molar-refractivity contribution in [2.24, 2.45) is 5.92 Å². The molecule has 0 saturated carbocycles. The first-order valence-corrected chi connectivity index (χ1v) is 11.8. The van der Waals surface area contributed by atoms with Crippen LogP contribution in [0.4, 0.5) is 10.1 Å². The molecule has 30 heavy (non-hydrogen) atoms. The molecule has 4 rings (SSSR count). The molecule has 1 fully saturated rings. The summed E-state index contributed by atoms with van der Waals surface area (Å²) in [6.07, 6.45) is 0.333. The highest BCUT2D eigenvalue weighted by Crippen LogP contribution is 2.35. The fraction of sp³-hybridized carbons (Fsp3) is 0.364. The number of nitrogens with one attached hydrogen (secondary N) is 1. The van der Waals surface area contributed by atoms with Gasteiger partial charge in [-0.05, 0) is 51.0 Å². The first kappa shape index (κ1) is 20.5. The molecule has 2 aromatic carbocycles. The number of carbonyl (C=O) groups is 1. The molecule has 0 radical (unpaired) electrons. The van der Waals surface area contributed by atoms with Gasteiger partial charge in [0.15, 0.2) is 9.84 Å². The third kappa shape index (κ3) is 3.71. The predicted molar refractivity (Wildman–Crippen MR) is 116 cm³/mol. The first-order valence-electron chi connectivity index (χ1n) is 9.95.